The van der Waals surface area contributed by atoms with Gasteiger partial charge in [0.2, 0.25) is 0 Å². The van der Waals surface area contributed by atoms with Crippen LogP contribution in [-0.2, 0) is 12.8 Å². The first-order valence-electron chi connectivity index (χ1n) is 19.7. The molecule has 0 amide bonds. The number of rotatable bonds is 6. The topological polar surface area (TPSA) is 51.8 Å². The second-order valence-corrected chi connectivity index (χ2v) is 16.1. The molecule has 0 radical (unpaired) electrons. The highest BCUT2D eigenvalue weighted by Crippen LogP contribution is 2.40. The lowest BCUT2D eigenvalue weighted by Crippen LogP contribution is -2.04. The summed E-state index contributed by atoms with van der Waals surface area (Å²) in [6, 6.07) is 62.7. The van der Waals surface area contributed by atoms with E-state index in [1.165, 1.54) is 63.6 Å². The van der Waals surface area contributed by atoms with Crippen molar-refractivity contribution in [2.75, 3.05) is 0 Å². The Balaban J connectivity index is 0.961. The average molecular weight is 760 g/mol. The van der Waals surface area contributed by atoms with E-state index in [4.69, 9.17) is 19.4 Å². The number of hydrogen-bond donors (Lipinski definition) is 0. The maximum atomic E-state index is 6.49. The van der Waals surface area contributed by atoms with Gasteiger partial charge in [-0.15, -0.1) is 11.3 Å². The second kappa shape index (κ2) is 13.2. The van der Waals surface area contributed by atoms with Crippen molar-refractivity contribution in [3.05, 3.63) is 198 Å². The minimum atomic E-state index is 0.527. The number of fused-ring (bicyclic) bond motifs is 12. The molecule has 0 fully saturated rings. The Kier molecular flexibility index (Phi) is 7.50. The lowest BCUT2D eigenvalue weighted by Gasteiger charge is -2.12. The van der Waals surface area contributed by atoms with E-state index in [2.05, 4.69) is 158 Å². The highest BCUT2D eigenvalue weighted by molar-refractivity contribution is 7.26. The fraction of sp³-hybridized carbons (Fsp3) is 0.0377. The van der Waals surface area contributed by atoms with E-state index < -0.39 is 0 Å². The monoisotopic (exact) mass is 759 g/mol. The van der Waals surface area contributed by atoms with Gasteiger partial charge >= 0.3 is 0 Å². The second-order valence-electron chi connectivity index (χ2n) is 15.1. The molecule has 0 aliphatic heterocycles. The fourth-order valence-electron chi connectivity index (χ4n) is 8.93. The van der Waals surface area contributed by atoms with Gasteiger partial charge in [-0.2, -0.15) is 0 Å². The molecule has 0 unspecified atom stereocenters. The van der Waals surface area contributed by atoms with Crippen LogP contribution in [0.25, 0.3) is 97.2 Å². The van der Waals surface area contributed by atoms with Crippen LogP contribution in [0.15, 0.2) is 180 Å². The van der Waals surface area contributed by atoms with Crippen molar-refractivity contribution in [3.8, 4) is 22.8 Å². The van der Waals surface area contributed by atoms with Gasteiger partial charge in [0.25, 0.3) is 0 Å². The molecule has 0 atom stereocenters. The number of furan rings is 1. The van der Waals surface area contributed by atoms with E-state index in [9.17, 15) is 0 Å². The lowest BCUT2D eigenvalue weighted by molar-refractivity contribution is 0.668. The normalized spacial score (nSPS) is 11.9. The van der Waals surface area contributed by atoms with E-state index in [1.807, 2.05) is 18.2 Å². The van der Waals surface area contributed by atoms with Gasteiger partial charge in [0.1, 0.15) is 17.0 Å². The molecule has 0 aliphatic rings. The Labute approximate surface area is 337 Å². The standard InChI is InChI=1S/C53H33N3OS/c1-2-12-34(13-3-1)52-54-49(55-53(56-52)43-21-11-20-42-41-19-8-9-23-48(41)58-51(42)43)31-35-14-10-22-47-50(35)45-30-33(25-27-46(45)57-47)28-32-24-26-40-38-17-5-4-15-36(38)37-16-6-7-18-39(37)44(40)29-32/h1-27,29-30H,28,31H2. The van der Waals surface area contributed by atoms with Crippen molar-refractivity contribution >= 4 is 85.8 Å². The zero-order valence-electron chi connectivity index (χ0n) is 31.3. The van der Waals surface area contributed by atoms with Gasteiger partial charge in [0.15, 0.2) is 11.6 Å². The third-order valence-electron chi connectivity index (χ3n) is 11.6. The molecule has 12 aromatic rings. The van der Waals surface area contributed by atoms with Gasteiger partial charge in [-0.1, -0.05) is 146 Å². The first kappa shape index (κ1) is 33.0. The Bertz CT molecular complexity index is 3550. The Morgan fingerprint density at radius 1 is 0.414 bits per heavy atom. The van der Waals surface area contributed by atoms with Crippen LogP contribution in [0.2, 0.25) is 0 Å². The summed E-state index contributed by atoms with van der Waals surface area (Å²) in [5, 5.41) is 12.4. The van der Waals surface area contributed by atoms with Gasteiger partial charge < -0.3 is 4.42 Å². The summed E-state index contributed by atoms with van der Waals surface area (Å²) in [6.07, 6.45) is 1.34. The minimum absolute atomic E-state index is 0.527. The molecule has 3 heterocycles. The van der Waals surface area contributed by atoms with Gasteiger partial charge in [0, 0.05) is 48.5 Å². The third-order valence-corrected chi connectivity index (χ3v) is 12.8. The van der Waals surface area contributed by atoms with Crippen LogP contribution in [0.5, 0.6) is 0 Å². The molecule has 9 aromatic carbocycles. The predicted octanol–water partition coefficient (Wildman–Crippen LogP) is 14.1. The van der Waals surface area contributed by atoms with Gasteiger partial charge in [-0.05, 0) is 85.8 Å². The van der Waals surface area contributed by atoms with Gasteiger partial charge in [-0.3, -0.25) is 0 Å². The highest BCUT2D eigenvalue weighted by Gasteiger charge is 2.19. The van der Waals surface area contributed by atoms with E-state index in [-0.39, 0.29) is 0 Å². The molecule has 0 spiro atoms. The summed E-state index contributed by atoms with van der Waals surface area (Å²) >= 11 is 1.79. The summed E-state index contributed by atoms with van der Waals surface area (Å²) in [5.41, 5.74) is 7.35. The van der Waals surface area contributed by atoms with E-state index in [0.717, 1.165) is 50.9 Å². The average Bonchev–Trinajstić information content (AvgIpc) is 3.85. The Morgan fingerprint density at radius 2 is 1.03 bits per heavy atom. The molecule has 0 bridgehead atoms. The van der Waals surface area contributed by atoms with Gasteiger partial charge in [-0.25, -0.2) is 15.0 Å². The largest absolute Gasteiger partial charge is 0.456 e. The summed E-state index contributed by atoms with van der Waals surface area (Å²) in [5.74, 6) is 2.07. The number of aromatic nitrogens is 3. The number of thiophene rings is 1. The van der Waals surface area contributed by atoms with Crippen molar-refractivity contribution in [3.63, 3.8) is 0 Å². The quantitative estimate of drug-likeness (QED) is 0.158. The SMILES string of the molecule is c1ccc(-c2nc(Cc3cccc4oc5ccc(Cc6ccc7c8ccccc8c8ccccc8c7c6)cc5c34)nc(-c3cccc4c3sc3ccccc34)n2)cc1. The zero-order chi connectivity index (χ0) is 38.2. The van der Waals surface area contributed by atoms with E-state index in [0.29, 0.717) is 18.1 Å². The smallest absolute Gasteiger partial charge is 0.165 e. The minimum Gasteiger partial charge on any atom is -0.456 e. The van der Waals surface area contributed by atoms with Crippen LogP contribution in [0.1, 0.15) is 22.5 Å². The first-order valence-corrected chi connectivity index (χ1v) is 20.5. The molecule has 5 heteroatoms. The van der Waals surface area contributed by atoms with Crippen molar-refractivity contribution in [1.29, 1.82) is 0 Å². The molecule has 0 saturated carbocycles. The molecule has 4 nitrogen and oxygen atoms in total. The number of benzene rings is 9. The van der Waals surface area contributed by atoms with Crippen molar-refractivity contribution in [2.45, 2.75) is 12.8 Å². The Morgan fingerprint density at radius 3 is 1.83 bits per heavy atom. The van der Waals surface area contributed by atoms with Gasteiger partial charge in [0.05, 0.1) is 0 Å². The molecule has 0 N–H and O–H groups in total. The van der Waals surface area contributed by atoms with Crippen LogP contribution >= 0.6 is 11.3 Å². The zero-order valence-corrected chi connectivity index (χ0v) is 32.1. The molecule has 3 aromatic heterocycles. The lowest BCUT2D eigenvalue weighted by atomic mass is 9.92. The summed E-state index contributed by atoms with van der Waals surface area (Å²) in [4.78, 5) is 15.4. The number of nitrogens with zero attached hydrogens (tertiary/aromatic N) is 3. The molecule has 0 aliphatic carbocycles. The summed E-state index contributed by atoms with van der Waals surface area (Å²) < 4.78 is 8.93. The first-order chi connectivity index (χ1) is 28.7. The van der Waals surface area contributed by atoms with Crippen molar-refractivity contribution in [1.82, 2.24) is 15.0 Å². The van der Waals surface area contributed by atoms with E-state index in [1.54, 1.807) is 11.3 Å². The molecular formula is C53H33N3OS. The van der Waals surface area contributed by atoms with Crippen LogP contribution < -0.4 is 0 Å². The Hall–Kier alpha value is -7.21. The van der Waals surface area contributed by atoms with Crippen LogP contribution in [0.4, 0.5) is 0 Å². The predicted molar refractivity (Wildman–Crippen MR) is 242 cm³/mol. The highest BCUT2D eigenvalue weighted by atomic mass is 32.1. The molecule has 272 valence electrons. The maximum Gasteiger partial charge on any atom is 0.165 e. The summed E-state index contributed by atoms with van der Waals surface area (Å²) in [6.45, 7) is 0. The summed E-state index contributed by atoms with van der Waals surface area (Å²) in [7, 11) is 0. The maximum absolute atomic E-state index is 6.49. The molecule has 58 heavy (non-hydrogen) atoms. The van der Waals surface area contributed by atoms with Crippen LogP contribution in [0, 0.1) is 0 Å². The van der Waals surface area contributed by atoms with Crippen molar-refractivity contribution in [2.24, 2.45) is 0 Å². The molecule has 0 saturated heterocycles. The fourth-order valence-corrected chi connectivity index (χ4v) is 10.1. The van der Waals surface area contributed by atoms with Crippen LogP contribution in [0.3, 0.4) is 0 Å². The van der Waals surface area contributed by atoms with E-state index >= 15 is 0 Å². The third kappa shape index (κ3) is 5.39. The van der Waals surface area contributed by atoms with Crippen LogP contribution in [-0.4, -0.2) is 15.0 Å². The molecular weight excluding hydrogens is 727 g/mol. The molecule has 12 rings (SSSR count). The van der Waals surface area contributed by atoms with Crippen molar-refractivity contribution < 1.29 is 4.42 Å². The number of hydrogen-bond acceptors (Lipinski definition) is 5.